The molecular weight excluding hydrogens is 270 g/mol. The summed E-state index contributed by atoms with van der Waals surface area (Å²) in [7, 11) is 1.43. The summed E-state index contributed by atoms with van der Waals surface area (Å²) in [5.74, 6) is -3.06. The number of esters is 1. The van der Waals surface area contributed by atoms with Crippen molar-refractivity contribution in [1.82, 2.24) is 0 Å². The highest BCUT2D eigenvalue weighted by atomic mass is 19.1. The number of carbonyl (C=O) groups excluding carboxylic acids is 2. The Morgan fingerprint density at radius 1 is 1.25 bits per heavy atom. The first-order valence-corrected chi connectivity index (χ1v) is 5.79. The minimum atomic E-state index is -0.877. The highest BCUT2D eigenvalue weighted by molar-refractivity contribution is 6.19. The van der Waals surface area contributed by atoms with E-state index in [-0.39, 0.29) is 24.4 Å². The van der Waals surface area contributed by atoms with Crippen LogP contribution in [0.2, 0.25) is 0 Å². The lowest BCUT2D eigenvalue weighted by molar-refractivity contribution is -0.141. The van der Waals surface area contributed by atoms with Gasteiger partial charge in [-0.25, -0.2) is 13.6 Å². The number of ketones is 1. The highest BCUT2D eigenvalue weighted by Crippen LogP contribution is 2.15. The van der Waals surface area contributed by atoms with Crippen molar-refractivity contribution in [2.75, 3.05) is 20.3 Å². The van der Waals surface area contributed by atoms with Crippen LogP contribution < -0.4 is 0 Å². The number of methoxy groups -OCH3 is 1. The second-order valence-corrected chi connectivity index (χ2v) is 3.91. The first kappa shape index (κ1) is 16.0. The Kier molecular flexibility index (Phi) is 5.99. The Balaban J connectivity index is 2.98. The third-order valence-corrected chi connectivity index (χ3v) is 2.38. The van der Waals surface area contributed by atoms with E-state index in [0.717, 1.165) is 25.1 Å². The Bertz CT molecular complexity index is 538. The zero-order valence-corrected chi connectivity index (χ0v) is 11.1. The highest BCUT2D eigenvalue weighted by Gasteiger charge is 2.17. The largest absolute Gasteiger partial charge is 0.460 e. The van der Waals surface area contributed by atoms with E-state index in [2.05, 4.69) is 0 Å². The van der Waals surface area contributed by atoms with Gasteiger partial charge in [0.15, 0.2) is 5.78 Å². The average molecular weight is 284 g/mol. The molecule has 0 N–H and O–H groups in total. The van der Waals surface area contributed by atoms with Crippen LogP contribution >= 0.6 is 0 Å². The fraction of sp³-hybridized carbons (Fsp3) is 0.286. The van der Waals surface area contributed by atoms with Crippen LogP contribution in [0, 0.1) is 11.6 Å². The summed E-state index contributed by atoms with van der Waals surface area (Å²) >= 11 is 0. The summed E-state index contributed by atoms with van der Waals surface area (Å²) in [5, 5.41) is 0. The maximum Gasteiger partial charge on any atom is 0.341 e. The van der Waals surface area contributed by atoms with Gasteiger partial charge in [0.1, 0.15) is 23.8 Å². The predicted octanol–water partition coefficient (Wildman–Crippen LogP) is 2.13. The third-order valence-electron chi connectivity index (χ3n) is 2.38. The van der Waals surface area contributed by atoms with E-state index in [1.807, 2.05) is 0 Å². The smallest absolute Gasteiger partial charge is 0.341 e. The summed E-state index contributed by atoms with van der Waals surface area (Å²) in [6, 6.07) is 2.83. The van der Waals surface area contributed by atoms with Crippen LogP contribution in [0.25, 0.3) is 6.08 Å². The predicted molar refractivity (Wildman–Crippen MR) is 67.9 cm³/mol. The standard InChI is InChI=1S/C14H14F2O4/c1-9(17)12(14(18)20-6-5-19-2)7-10-3-4-11(15)8-13(10)16/h3-4,7-8H,5-6H2,1-2H3/b12-7+. The molecule has 1 aromatic carbocycles. The number of ether oxygens (including phenoxy) is 2. The van der Waals surface area contributed by atoms with E-state index in [1.165, 1.54) is 7.11 Å². The van der Waals surface area contributed by atoms with E-state index in [9.17, 15) is 18.4 Å². The van der Waals surface area contributed by atoms with E-state index in [4.69, 9.17) is 9.47 Å². The fourth-order valence-corrected chi connectivity index (χ4v) is 1.37. The van der Waals surface area contributed by atoms with Gasteiger partial charge in [-0.1, -0.05) is 0 Å². The molecule has 4 nitrogen and oxygen atoms in total. The summed E-state index contributed by atoms with van der Waals surface area (Å²) in [6.45, 7) is 1.32. The monoisotopic (exact) mass is 284 g/mol. The lowest BCUT2D eigenvalue weighted by atomic mass is 10.1. The molecule has 0 aliphatic carbocycles. The van der Waals surface area contributed by atoms with E-state index < -0.39 is 23.4 Å². The maximum absolute atomic E-state index is 13.5. The summed E-state index contributed by atoms with van der Waals surface area (Å²) in [5.41, 5.74) is -0.382. The molecule has 0 fully saturated rings. The van der Waals surface area contributed by atoms with Gasteiger partial charge in [0, 0.05) is 18.7 Å². The van der Waals surface area contributed by atoms with Gasteiger partial charge < -0.3 is 9.47 Å². The Morgan fingerprint density at radius 3 is 2.50 bits per heavy atom. The van der Waals surface area contributed by atoms with Crippen LogP contribution in [0.3, 0.4) is 0 Å². The van der Waals surface area contributed by atoms with Gasteiger partial charge in [0.25, 0.3) is 0 Å². The van der Waals surface area contributed by atoms with Crippen LogP contribution in [0.5, 0.6) is 0 Å². The number of Topliss-reactive ketones (excluding diaryl/α,β-unsaturated/α-hetero) is 1. The summed E-state index contributed by atoms with van der Waals surface area (Å²) in [4.78, 5) is 23.1. The van der Waals surface area contributed by atoms with Crippen LogP contribution in [0.15, 0.2) is 23.8 Å². The molecule has 0 aliphatic rings. The number of carbonyl (C=O) groups is 2. The molecule has 0 spiro atoms. The number of hydrogen-bond acceptors (Lipinski definition) is 4. The molecule has 108 valence electrons. The van der Waals surface area contributed by atoms with Crippen LogP contribution in [-0.2, 0) is 19.1 Å². The summed E-state index contributed by atoms with van der Waals surface area (Å²) < 4.78 is 35.7. The maximum atomic E-state index is 13.5. The zero-order chi connectivity index (χ0) is 15.1. The quantitative estimate of drug-likeness (QED) is 0.264. The zero-order valence-electron chi connectivity index (χ0n) is 11.1. The Morgan fingerprint density at radius 2 is 1.95 bits per heavy atom. The normalized spacial score (nSPS) is 11.3. The Hall–Kier alpha value is -2.08. The topological polar surface area (TPSA) is 52.6 Å². The number of rotatable bonds is 6. The van der Waals surface area contributed by atoms with Gasteiger partial charge >= 0.3 is 5.97 Å². The van der Waals surface area contributed by atoms with Crippen LogP contribution in [-0.4, -0.2) is 32.1 Å². The van der Waals surface area contributed by atoms with Crippen LogP contribution in [0.4, 0.5) is 8.78 Å². The van der Waals surface area contributed by atoms with Crippen molar-refractivity contribution in [2.45, 2.75) is 6.92 Å². The molecule has 0 aliphatic heterocycles. The fourth-order valence-electron chi connectivity index (χ4n) is 1.37. The molecule has 0 aromatic heterocycles. The lowest BCUT2D eigenvalue weighted by Gasteiger charge is -2.06. The molecule has 6 heteroatoms. The molecule has 0 heterocycles. The van der Waals surface area contributed by atoms with E-state index >= 15 is 0 Å². The van der Waals surface area contributed by atoms with Crippen molar-refractivity contribution >= 4 is 17.8 Å². The van der Waals surface area contributed by atoms with Crippen molar-refractivity contribution < 1.29 is 27.8 Å². The molecule has 0 amide bonds. The molecule has 0 atom stereocenters. The van der Waals surface area contributed by atoms with Gasteiger partial charge in [-0.2, -0.15) is 0 Å². The minimum absolute atomic E-state index is 0.0220. The first-order valence-electron chi connectivity index (χ1n) is 5.79. The van der Waals surface area contributed by atoms with Gasteiger partial charge in [0.2, 0.25) is 0 Å². The van der Waals surface area contributed by atoms with Gasteiger partial charge in [0.05, 0.1) is 6.61 Å². The molecule has 0 radical (unpaired) electrons. The molecule has 20 heavy (non-hydrogen) atoms. The van der Waals surface area contributed by atoms with Crippen molar-refractivity contribution in [1.29, 1.82) is 0 Å². The number of benzene rings is 1. The van der Waals surface area contributed by atoms with Crippen molar-refractivity contribution in [3.63, 3.8) is 0 Å². The minimum Gasteiger partial charge on any atom is -0.460 e. The molecule has 0 unspecified atom stereocenters. The van der Waals surface area contributed by atoms with Crippen molar-refractivity contribution in [3.8, 4) is 0 Å². The number of halogens is 2. The third kappa shape index (κ3) is 4.55. The van der Waals surface area contributed by atoms with E-state index in [0.29, 0.717) is 6.07 Å². The van der Waals surface area contributed by atoms with Gasteiger partial charge in [-0.3, -0.25) is 4.79 Å². The van der Waals surface area contributed by atoms with Crippen molar-refractivity contribution in [2.24, 2.45) is 0 Å². The molecule has 1 aromatic rings. The molecular formula is C14H14F2O4. The first-order chi connectivity index (χ1) is 9.45. The summed E-state index contributed by atoms with van der Waals surface area (Å²) in [6.07, 6.45) is 1.03. The van der Waals surface area contributed by atoms with E-state index in [1.54, 1.807) is 0 Å². The van der Waals surface area contributed by atoms with Crippen LogP contribution in [0.1, 0.15) is 12.5 Å². The Labute approximate surface area is 115 Å². The average Bonchev–Trinajstić information content (AvgIpc) is 2.37. The molecule has 0 saturated carbocycles. The molecule has 0 bridgehead atoms. The SMILES string of the molecule is COCCOC(=O)/C(=C/c1ccc(F)cc1F)C(C)=O. The molecule has 0 saturated heterocycles. The second-order valence-electron chi connectivity index (χ2n) is 3.91. The molecule has 1 rings (SSSR count). The van der Waals surface area contributed by atoms with Gasteiger partial charge in [-0.05, 0) is 25.1 Å². The van der Waals surface area contributed by atoms with Crippen molar-refractivity contribution in [3.05, 3.63) is 41.0 Å². The number of hydrogen-bond donors (Lipinski definition) is 0. The lowest BCUT2D eigenvalue weighted by Crippen LogP contribution is -2.16. The van der Waals surface area contributed by atoms with Gasteiger partial charge in [-0.15, -0.1) is 0 Å². The second kappa shape index (κ2) is 7.49.